The van der Waals surface area contributed by atoms with Gasteiger partial charge in [-0.3, -0.25) is 9.59 Å². The second-order valence-corrected chi connectivity index (χ2v) is 6.29. The molecule has 3 rings (SSSR count). The Hall–Kier alpha value is -1.91. The average Bonchev–Trinajstić information content (AvgIpc) is 2.54. The number of fused-ring (bicyclic) bond motifs is 1. The number of aliphatic carboxylic acids is 1. The summed E-state index contributed by atoms with van der Waals surface area (Å²) in [6.07, 6.45) is 3.16. The van der Waals surface area contributed by atoms with Crippen LogP contribution in [0.3, 0.4) is 0 Å². The fourth-order valence-electron chi connectivity index (χ4n) is 3.65. The summed E-state index contributed by atoms with van der Waals surface area (Å²) in [5, 5.41) is 9.14. The Labute approximate surface area is 128 Å². The molecule has 1 aromatic carbocycles. The first kappa shape index (κ1) is 15.0. The topological polar surface area (TPSA) is 57.6 Å². The van der Waals surface area contributed by atoms with Gasteiger partial charge in [0, 0.05) is 19.0 Å². The van der Waals surface area contributed by atoms with E-state index in [1.165, 1.54) is 6.07 Å². The molecule has 2 unspecified atom stereocenters. The van der Waals surface area contributed by atoms with Gasteiger partial charge >= 0.3 is 5.97 Å². The zero-order valence-electron chi connectivity index (χ0n) is 12.4. The Bertz CT molecular complexity index is 602. The standard InChI is InChI=1S/C17H20FNO3/c18-15-6-2-5-13-10-19(8-7-14(13)15)16(20)11-3-1-4-12(9-11)17(21)22/h2,5-6,11-12H,1,3-4,7-10H2,(H,21,22). The van der Waals surface area contributed by atoms with Crippen molar-refractivity contribution in [2.75, 3.05) is 6.54 Å². The van der Waals surface area contributed by atoms with E-state index in [0.29, 0.717) is 37.9 Å². The smallest absolute Gasteiger partial charge is 0.306 e. The van der Waals surface area contributed by atoms with E-state index in [1.807, 2.05) is 6.07 Å². The summed E-state index contributed by atoms with van der Waals surface area (Å²) in [6, 6.07) is 4.98. The lowest BCUT2D eigenvalue weighted by Crippen LogP contribution is -2.42. The average molecular weight is 305 g/mol. The van der Waals surface area contributed by atoms with E-state index in [2.05, 4.69) is 0 Å². The summed E-state index contributed by atoms with van der Waals surface area (Å²) >= 11 is 0. The first-order valence-electron chi connectivity index (χ1n) is 7.84. The minimum absolute atomic E-state index is 0.0286. The molecule has 2 atom stereocenters. The third-order valence-corrected chi connectivity index (χ3v) is 4.89. The molecule has 118 valence electrons. The van der Waals surface area contributed by atoms with Gasteiger partial charge in [-0.25, -0.2) is 4.39 Å². The lowest BCUT2D eigenvalue weighted by molar-refractivity contribution is -0.145. The Morgan fingerprint density at radius 2 is 2.00 bits per heavy atom. The fourth-order valence-corrected chi connectivity index (χ4v) is 3.65. The van der Waals surface area contributed by atoms with Gasteiger partial charge in [0.1, 0.15) is 5.82 Å². The van der Waals surface area contributed by atoms with Crippen molar-refractivity contribution < 1.29 is 19.1 Å². The quantitative estimate of drug-likeness (QED) is 0.913. The third kappa shape index (κ3) is 2.85. The van der Waals surface area contributed by atoms with Crippen LogP contribution in [0.5, 0.6) is 0 Å². The predicted molar refractivity (Wildman–Crippen MR) is 78.6 cm³/mol. The predicted octanol–water partition coefficient (Wildman–Crippen LogP) is 2.60. The molecule has 0 radical (unpaired) electrons. The molecule has 2 aliphatic rings. The maximum Gasteiger partial charge on any atom is 0.306 e. The highest BCUT2D eigenvalue weighted by Gasteiger charge is 2.34. The highest BCUT2D eigenvalue weighted by atomic mass is 19.1. The molecule has 1 fully saturated rings. The van der Waals surface area contributed by atoms with Crippen LogP contribution in [0, 0.1) is 17.7 Å². The summed E-state index contributed by atoms with van der Waals surface area (Å²) < 4.78 is 13.7. The summed E-state index contributed by atoms with van der Waals surface area (Å²) in [4.78, 5) is 25.5. The molecule has 1 aliphatic carbocycles. The van der Waals surface area contributed by atoms with Gasteiger partial charge in [-0.2, -0.15) is 0 Å². The summed E-state index contributed by atoms with van der Waals surface area (Å²) in [7, 11) is 0. The van der Waals surface area contributed by atoms with Gasteiger partial charge in [-0.05, 0) is 42.9 Å². The maximum absolute atomic E-state index is 13.7. The Morgan fingerprint density at radius 3 is 2.77 bits per heavy atom. The van der Waals surface area contributed by atoms with Crippen LogP contribution in [-0.4, -0.2) is 28.4 Å². The minimum Gasteiger partial charge on any atom is -0.481 e. The van der Waals surface area contributed by atoms with E-state index in [9.17, 15) is 14.0 Å². The SMILES string of the molecule is O=C(O)C1CCCC(C(=O)N2CCc3c(F)cccc3C2)C1. The highest BCUT2D eigenvalue weighted by molar-refractivity contribution is 5.80. The Balaban J connectivity index is 1.70. The Morgan fingerprint density at radius 1 is 1.23 bits per heavy atom. The number of carboxylic acid groups (broad SMARTS) is 1. The molecule has 1 N–H and O–H groups in total. The van der Waals surface area contributed by atoms with Crippen LogP contribution >= 0.6 is 0 Å². The molecule has 1 saturated carbocycles. The number of carbonyl (C=O) groups is 2. The second kappa shape index (κ2) is 6.07. The molecule has 1 heterocycles. The minimum atomic E-state index is -0.802. The zero-order valence-corrected chi connectivity index (χ0v) is 12.4. The lowest BCUT2D eigenvalue weighted by Gasteiger charge is -2.34. The van der Waals surface area contributed by atoms with E-state index in [0.717, 1.165) is 18.4 Å². The number of hydrogen-bond donors (Lipinski definition) is 1. The van der Waals surface area contributed by atoms with Gasteiger partial charge in [-0.15, -0.1) is 0 Å². The van der Waals surface area contributed by atoms with Crippen LogP contribution in [0.25, 0.3) is 0 Å². The van der Waals surface area contributed by atoms with Gasteiger partial charge in [0.2, 0.25) is 5.91 Å². The second-order valence-electron chi connectivity index (χ2n) is 6.29. The number of carboxylic acids is 1. The van der Waals surface area contributed by atoms with E-state index in [4.69, 9.17) is 5.11 Å². The number of rotatable bonds is 2. The van der Waals surface area contributed by atoms with Crippen LogP contribution in [0.2, 0.25) is 0 Å². The molecule has 0 aromatic heterocycles. The van der Waals surface area contributed by atoms with Crippen molar-refractivity contribution in [3.05, 3.63) is 35.1 Å². The molecule has 22 heavy (non-hydrogen) atoms. The molecule has 0 spiro atoms. The zero-order chi connectivity index (χ0) is 15.7. The molecule has 1 amide bonds. The molecule has 0 saturated heterocycles. The molecule has 1 aromatic rings. The van der Waals surface area contributed by atoms with Gasteiger partial charge in [-0.1, -0.05) is 18.6 Å². The van der Waals surface area contributed by atoms with Crippen LogP contribution in [0.15, 0.2) is 18.2 Å². The third-order valence-electron chi connectivity index (χ3n) is 4.89. The van der Waals surface area contributed by atoms with Crippen molar-refractivity contribution in [1.82, 2.24) is 4.90 Å². The van der Waals surface area contributed by atoms with Gasteiger partial charge in [0.15, 0.2) is 0 Å². The van der Waals surface area contributed by atoms with E-state index in [-0.39, 0.29) is 17.6 Å². The molecule has 1 aliphatic heterocycles. The van der Waals surface area contributed by atoms with Crippen molar-refractivity contribution >= 4 is 11.9 Å². The van der Waals surface area contributed by atoms with Crippen molar-refractivity contribution in [2.24, 2.45) is 11.8 Å². The normalized spacial score (nSPS) is 24.7. The first-order valence-corrected chi connectivity index (χ1v) is 7.84. The van der Waals surface area contributed by atoms with Crippen LogP contribution in [0.4, 0.5) is 4.39 Å². The monoisotopic (exact) mass is 305 g/mol. The van der Waals surface area contributed by atoms with Crippen LogP contribution in [0.1, 0.15) is 36.8 Å². The van der Waals surface area contributed by atoms with Crippen molar-refractivity contribution in [1.29, 1.82) is 0 Å². The number of carbonyl (C=O) groups excluding carboxylic acids is 1. The molecular weight excluding hydrogens is 285 g/mol. The number of hydrogen-bond acceptors (Lipinski definition) is 2. The summed E-state index contributed by atoms with van der Waals surface area (Å²) in [5.74, 6) is -1.58. The first-order chi connectivity index (χ1) is 10.6. The summed E-state index contributed by atoms with van der Waals surface area (Å²) in [5.41, 5.74) is 1.57. The molecular formula is C17H20FNO3. The molecule has 5 heteroatoms. The number of halogens is 1. The maximum atomic E-state index is 13.7. The van der Waals surface area contributed by atoms with E-state index < -0.39 is 11.9 Å². The number of nitrogens with zero attached hydrogens (tertiary/aromatic N) is 1. The molecule has 4 nitrogen and oxygen atoms in total. The largest absolute Gasteiger partial charge is 0.481 e. The summed E-state index contributed by atoms with van der Waals surface area (Å²) in [6.45, 7) is 0.946. The number of benzene rings is 1. The van der Waals surface area contributed by atoms with Crippen LogP contribution in [-0.2, 0) is 22.6 Å². The Kier molecular flexibility index (Phi) is 4.14. The lowest BCUT2D eigenvalue weighted by atomic mass is 9.80. The van der Waals surface area contributed by atoms with E-state index >= 15 is 0 Å². The highest BCUT2D eigenvalue weighted by Crippen LogP contribution is 2.32. The van der Waals surface area contributed by atoms with Crippen LogP contribution < -0.4 is 0 Å². The van der Waals surface area contributed by atoms with Gasteiger partial charge in [0.25, 0.3) is 0 Å². The fraction of sp³-hybridized carbons (Fsp3) is 0.529. The van der Waals surface area contributed by atoms with Gasteiger partial charge < -0.3 is 10.0 Å². The van der Waals surface area contributed by atoms with Crippen molar-refractivity contribution in [3.63, 3.8) is 0 Å². The van der Waals surface area contributed by atoms with E-state index in [1.54, 1.807) is 11.0 Å². The van der Waals surface area contributed by atoms with Gasteiger partial charge in [0.05, 0.1) is 5.92 Å². The number of amides is 1. The van der Waals surface area contributed by atoms with Crippen molar-refractivity contribution in [3.8, 4) is 0 Å². The van der Waals surface area contributed by atoms with Crippen molar-refractivity contribution in [2.45, 2.75) is 38.6 Å². The molecule has 0 bridgehead atoms.